The fraction of sp³-hybridized carbons (Fsp3) is 0.0714. The summed E-state index contributed by atoms with van der Waals surface area (Å²) in [6.45, 7) is 1.96. The molecule has 0 atom stereocenters. The topological polar surface area (TPSA) is 54.7 Å². The number of benzene rings is 2. The molecule has 3 aromatic rings. The third kappa shape index (κ3) is 2.15. The van der Waals surface area contributed by atoms with Crippen molar-refractivity contribution >= 4 is 39.9 Å². The van der Waals surface area contributed by atoms with Crippen LogP contribution in [0.1, 0.15) is 5.56 Å². The Morgan fingerprint density at radius 3 is 2.68 bits per heavy atom. The SMILES string of the molecule is Cc1cc(-c2nc3c(Cl)cc(Cl)cc3[nH]2)ccc1N. The van der Waals surface area contributed by atoms with E-state index in [9.17, 15) is 0 Å². The lowest BCUT2D eigenvalue weighted by Gasteiger charge is -2.01. The van der Waals surface area contributed by atoms with E-state index in [4.69, 9.17) is 28.9 Å². The summed E-state index contributed by atoms with van der Waals surface area (Å²) in [5.74, 6) is 0.752. The van der Waals surface area contributed by atoms with E-state index in [0.29, 0.717) is 10.0 Å². The first-order valence-corrected chi connectivity index (χ1v) is 6.51. The van der Waals surface area contributed by atoms with Gasteiger partial charge in [0.15, 0.2) is 0 Å². The Kier molecular flexibility index (Phi) is 2.88. The Morgan fingerprint density at radius 1 is 1.16 bits per heavy atom. The van der Waals surface area contributed by atoms with E-state index >= 15 is 0 Å². The number of nitrogens with zero attached hydrogens (tertiary/aromatic N) is 1. The third-order valence-corrected chi connectivity index (χ3v) is 3.55. The minimum absolute atomic E-state index is 0.539. The van der Waals surface area contributed by atoms with Crippen LogP contribution in [0.15, 0.2) is 30.3 Å². The molecule has 0 amide bonds. The van der Waals surface area contributed by atoms with Crippen LogP contribution >= 0.6 is 23.2 Å². The van der Waals surface area contributed by atoms with Crippen molar-refractivity contribution in [2.24, 2.45) is 0 Å². The molecule has 3 rings (SSSR count). The van der Waals surface area contributed by atoms with E-state index in [2.05, 4.69) is 9.97 Å². The minimum atomic E-state index is 0.539. The molecule has 3 nitrogen and oxygen atoms in total. The third-order valence-electron chi connectivity index (χ3n) is 3.05. The average molecular weight is 292 g/mol. The highest BCUT2D eigenvalue weighted by molar-refractivity contribution is 6.38. The van der Waals surface area contributed by atoms with E-state index in [1.165, 1.54) is 0 Å². The summed E-state index contributed by atoms with van der Waals surface area (Å²) in [5, 5.41) is 1.12. The fourth-order valence-electron chi connectivity index (χ4n) is 2.00. The molecule has 1 aromatic heterocycles. The predicted octanol–water partition coefficient (Wildman–Crippen LogP) is 4.43. The molecule has 0 bridgehead atoms. The number of nitrogens with two attached hydrogens (primary N) is 1. The Labute approximate surface area is 120 Å². The number of aromatic amines is 1. The van der Waals surface area contributed by atoms with Gasteiger partial charge in [-0.25, -0.2) is 4.98 Å². The molecule has 0 fully saturated rings. The Bertz CT molecular complexity index is 778. The summed E-state index contributed by atoms with van der Waals surface area (Å²) in [6.07, 6.45) is 0. The molecule has 2 aromatic carbocycles. The summed E-state index contributed by atoms with van der Waals surface area (Å²) < 4.78 is 0. The van der Waals surface area contributed by atoms with Gasteiger partial charge < -0.3 is 10.7 Å². The number of rotatable bonds is 1. The zero-order chi connectivity index (χ0) is 13.6. The van der Waals surface area contributed by atoms with Crippen LogP contribution in [-0.4, -0.2) is 9.97 Å². The molecular formula is C14H11Cl2N3. The van der Waals surface area contributed by atoms with Gasteiger partial charge in [0.25, 0.3) is 0 Å². The van der Waals surface area contributed by atoms with Crippen molar-refractivity contribution in [3.05, 3.63) is 45.9 Å². The van der Waals surface area contributed by atoms with Crippen LogP contribution < -0.4 is 5.73 Å². The van der Waals surface area contributed by atoms with Crippen LogP contribution in [-0.2, 0) is 0 Å². The van der Waals surface area contributed by atoms with Crippen molar-refractivity contribution in [2.75, 3.05) is 5.73 Å². The highest BCUT2D eigenvalue weighted by atomic mass is 35.5. The fourth-order valence-corrected chi connectivity index (χ4v) is 2.54. The Balaban J connectivity index is 2.20. The molecule has 0 spiro atoms. The number of aromatic nitrogens is 2. The maximum atomic E-state index is 6.13. The first-order chi connectivity index (χ1) is 9.04. The highest BCUT2D eigenvalue weighted by Gasteiger charge is 2.10. The van der Waals surface area contributed by atoms with Crippen molar-refractivity contribution in [2.45, 2.75) is 6.92 Å². The summed E-state index contributed by atoms with van der Waals surface area (Å²) >= 11 is 12.1. The number of nitrogen functional groups attached to an aromatic ring is 1. The highest BCUT2D eigenvalue weighted by Crippen LogP contribution is 2.29. The first kappa shape index (κ1) is 12.3. The van der Waals surface area contributed by atoms with Crippen molar-refractivity contribution in [3.63, 3.8) is 0 Å². The lowest BCUT2D eigenvalue weighted by molar-refractivity contribution is 1.32. The van der Waals surface area contributed by atoms with Gasteiger partial charge in [-0.2, -0.15) is 0 Å². The van der Waals surface area contributed by atoms with Crippen molar-refractivity contribution in [3.8, 4) is 11.4 Å². The van der Waals surface area contributed by atoms with Gasteiger partial charge in [0.2, 0.25) is 0 Å². The minimum Gasteiger partial charge on any atom is -0.399 e. The Morgan fingerprint density at radius 2 is 1.95 bits per heavy atom. The molecule has 96 valence electrons. The number of H-pyrrole nitrogens is 1. The molecule has 0 aliphatic rings. The predicted molar refractivity (Wildman–Crippen MR) is 80.7 cm³/mol. The average Bonchev–Trinajstić information content (AvgIpc) is 2.76. The second-order valence-electron chi connectivity index (χ2n) is 4.44. The number of imidazole rings is 1. The molecule has 3 N–H and O–H groups in total. The van der Waals surface area contributed by atoms with Crippen LogP contribution in [0.25, 0.3) is 22.4 Å². The molecule has 0 aliphatic heterocycles. The maximum Gasteiger partial charge on any atom is 0.138 e. The van der Waals surface area contributed by atoms with E-state index in [-0.39, 0.29) is 0 Å². The summed E-state index contributed by atoms with van der Waals surface area (Å²) in [7, 11) is 0. The second kappa shape index (κ2) is 4.44. The monoisotopic (exact) mass is 291 g/mol. The lowest BCUT2D eigenvalue weighted by atomic mass is 10.1. The summed E-state index contributed by atoms with van der Waals surface area (Å²) in [6, 6.07) is 9.28. The van der Waals surface area contributed by atoms with Crippen LogP contribution in [0.3, 0.4) is 0 Å². The molecule has 5 heteroatoms. The van der Waals surface area contributed by atoms with Crippen molar-refractivity contribution in [1.82, 2.24) is 9.97 Å². The maximum absolute atomic E-state index is 6.13. The smallest absolute Gasteiger partial charge is 0.138 e. The van der Waals surface area contributed by atoms with Gasteiger partial charge in [0, 0.05) is 16.3 Å². The molecular weight excluding hydrogens is 281 g/mol. The van der Waals surface area contributed by atoms with Gasteiger partial charge in [-0.1, -0.05) is 23.2 Å². The van der Waals surface area contributed by atoms with Crippen molar-refractivity contribution in [1.29, 1.82) is 0 Å². The molecule has 0 unspecified atom stereocenters. The lowest BCUT2D eigenvalue weighted by Crippen LogP contribution is -1.90. The van der Waals surface area contributed by atoms with Gasteiger partial charge in [0.05, 0.1) is 10.5 Å². The molecule has 0 aliphatic carbocycles. The zero-order valence-corrected chi connectivity index (χ0v) is 11.7. The molecule has 1 heterocycles. The Hall–Kier alpha value is -1.71. The molecule has 0 saturated carbocycles. The first-order valence-electron chi connectivity index (χ1n) is 5.76. The van der Waals surface area contributed by atoms with Gasteiger partial charge in [-0.05, 0) is 42.8 Å². The van der Waals surface area contributed by atoms with Gasteiger partial charge in [-0.15, -0.1) is 0 Å². The number of halogens is 2. The normalized spacial score (nSPS) is 11.1. The number of hydrogen-bond acceptors (Lipinski definition) is 2. The van der Waals surface area contributed by atoms with Gasteiger partial charge >= 0.3 is 0 Å². The quantitative estimate of drug-likeness (QED) is 0.652. The number of aryl methyl sites for hydroxylation is 1. The van der Waals surface area contributed by atoms with E-state index in [1.807, 2.05) is 31.2 Å². The van der Waals surface area contributed by atoms with Gasteiger partial charge in [-0.3, -0.25) is 0 Å². The number of hydrogen-bond donors (Lipinski definition) is 2. The zero-order valence-electron chi connectivity index (χ0n) is 10.2. The number of anilines is 1. The van der Waals surface area contributed by atoms with Crippen LogP contribution in [0.4, 0.5) is 5.69 Å². The van der Waals surface area contributed by atoms with Crippen molar-refractivity contribution < 1.29 is 0 Å². The standard InChI is InChI=1S/C14H11Cl2N3/c1-7-4-8(2-3-11(7)17)14-18-12-6-9(15)5-10(16)13(12)19-14/h2-6H,17H2,1H3,(H,18,19). The molecule has 0 radical (unpaired) electrons. The molecule has 19 heavy (non-hydrogen) atoms. The number of nitrogens with one attached hydrogen (secondary N) is 1. The summed E-state index contributed by atoms with van der Waals surface area (Å²) in [5.41, 5.74) is 10.1. The largest absolute Gasteiger partial charge is 0.399 e. The summed E-state index contributed by atoms with van der Waals surface area (Å²) in [4.78, 5) is 7.73. The van der Waals surface area contributed by atoms with E-state index in [0.717, 1.165) is 33.7 Å². The van der Waals surface area contributed by atoms with E-state index in [1.54, 1.807) is 6.07 Å². The number of fused-ring (bicyclic) bond motifs is 1. The van der Waals surface area contributed by atoms with Gasteiger partial charge in [0.1, 0.15) is 11.3 Å². The van der Waals surface area contributed by atoms with Crippen LogP contribution in [0.5, 0.6) is 0 Å². The molecule has 0 saturated heterocycles. The van der Waals surface area contributed by atoms with E-state index < -0.39 is 0 Å². The van der Waals surface area contributed by atoms with Crippen LogP contribution in [0.2, 0.25) is 10.0 Å². The second-order valence-corrected chi connectivity index (χ2v) is 5.28. The van der Waals surface area contributed by atoms with Crippen LogP contribution in [0, 0.1) is 6.92 Å².